The Kier molecular flexibility index (Phi) is 23.5. The van der Waals surface area contributed by atoms with Crippen molar-refractivity contribution in [2.24, 2.45) is 0 Å². The SMILES string of the molecule is CC(C)(C)OC(=O)NCCOCCOCCOCCOCCOCCOCCOCCOCCc1cc(N)cc(Cl)c1. The number of amides is 1. The van der Waals surface area contributed by atoms with Crippen molar-refractivity contribution in [2.75, 3.05) is 118 Å². The second-order valence-electron chi connectivity index (χ2n) is 9.97. The lowest BCUT2D eigenvalue weighted by Crippen LogP contribution is -2.34. The summed E-state index contributed by atoms with van der Waals surface area (Å²) in [5.41, 5.74) is 6.98. The highest BCUT2D eigenvalue weighted by atomic mass is 35.5. The zero-order valence-electron chi connectivity index (χ0n) is 25.5. The van der Waals surface area contributed by atoms with Gasteiger partial charge in [-0.3, -0.25) is 0 Å². The van der Waals surface area contributed by atoms with Gasteiger partial charge in [-0.1, -0.05) is 11.6 Å². The number of nitrogen functional groups attached to an aromatic ring is 1. The monoisotopic (exact) mass is 622 g/mol. The summed E-state index contributed by atoms with van der Waals surface area (Å²) in [4.78, 5) is 11.5. The van der Waals surface area contributed by atoms with Gasteiger partial charge in [-0.25, -0.2) is 4.79 Å². The molecule has 0 aromatic heterocycles. The Morgan fingerprint density at radius 3 is 1.40 bits per heavy atom. The first-order valence-electron chi connectivity index (χ1n) is 14.4. The van der Waals surface area contributed by atoms with Crippen LogP contribution in [0.5, 0.6) is 0 Å². The fourth-order valence-electron chi connectivity index (χ4n) is 3.19. The van der Waals surface area contributed by atoms with Crippen LogP contribution in [0.4, 0.5) is 10.5 Å². The Morgan fingerprint density at radius 2 is 1.02 bits per heavy atom. The number of ether oxygens (including phenoxy) is 9. The van der Waals surface area contributed by atoms with Gasteiger partial charge < -0.3 is 53.7 Å². The van der Waals surface area contributed by atoms with Crippen molar-refractivity contribution in [2.45, 2.75) is 32.8 Å². The molecule has 0 bridgehead atoms. The Balaban J connectivity index is 1.69. The molecule has 1 amide bonds. The van der Waals surface area contributed by atoms with E-state index in [0.717, 1.165) is 12.0 Å². The number of hydrogen-bond acceptors (Lipinski definition) is 11. The lowest BCUT2D eigenvalue weighted by molar-refractivity contribution is -0.0230. The minimum absolute atomic E-state index is 0.384. The van der Waals surface area contributed by atoms with Crippen LogP contribution in [0.3, 0.4) is 0 Å². The van der Waals surface area contributed by atoms with E-state index in [-0.39, 0.29) is 0 Å². The second kappa shape index (κ2) is 25.7. The Morgan fingerprint density at radius 1 is 0.643 bits per heavy atom. The molecule has 0 atom stereocenters. The smallest absolute Gasteiger partial charge is 0.407 e. The highest BCUT2D eigenvalue weighted by molar-refractivity contribution is 6.30. The number of anilines is 1. The molecule has 0 saturated heterocycles. The minimum Gasteiger partial charge on any atom is -0.444 e. The number of nitrogens with one attached hydrogen (secondary N) is 1. The van der Waals surface area contributed by atoms with Crippen LogP contribution in [0.25, 0.3) is 0 Å². The normalized spacial score (nSPS) is 11.6. The van der Waals surface area contributed by atoms with Crippen molar-refractivity contribution < 1.29 is 47.4 Å². The van der Waals surface area contributed by atoms with E-state index in [1.165, 1.54) is 0 Å². The number of carbonyl (C=O) groups is 1. The van der Waals surface area contributed by atoms with E-state index in [2.05, 4.69) is 5.32 Å². The lowest BCUT2D eigenvalue weighted by Gasteiger charge is -2.19. The van der Waals surface area contributed by atoms with Crippen LogP contribution in [0.2, 0.25) is 5.02 Å². The maximum atomic E-state index is 11.5. The Labute approximate surface area is 255 Å². The van der Waals surface area contributed by atoms with Crippen molar-refractivity contribution in [3.63, 3.8) is 0 Å². The number of carbonyl (C=O) groups excluding carboxylic acids is 1. The first-order chi connectivity index (χ1) is 20.3. The third-order valence-electron chi connectivity index (χ3n) is 5.03. The van der Waals surface area contributed by atoms with Gasteiger partial charge in [-0.15, -0.1) is 0 Å². The molecular formula is C29H51ClN2O10. The van der Waals surface area contributed by atoms with Crippen LogP contribution in [0.1, 0.15) is 26.3 Å². The van der Waals surface area contributed by atoms with Crippen LogP contribution in [-0.2, 0) is 49.1 Å². The highest BCUT2D eigenvalue weighted by Gasteiger charge is 2.15. The fraction of sp³-hybridized carbons (Fsp3) is 0.759. The minimum atomic E-state index is -0.510. The molecule has 1 aromatic carbocycles. The number of alkyl carbamates (subject to hydrolysis) is 1. The van der Waals surface area contributed by atoms with Crippen LogP contribution in [-0.4, -0.2) is 124 Å². The second-order valence-corrected chi connectivity index (χ2v) is 10.4. The molecule has 42 heavy (non-hydrogen) atoms. The molecule has 0 heterocycles. The third-order valence-corrected chi connectivity index (χ3v) is 5.25. The molecule has 1 aromatic rings. The summed E-state index contributed by atoms with van der Waals surface area (Å²) in [6, 6.07) is 5.51. The molecule has 13 heteroatoms. The third kappa shape index (κ3) is 25.9. The zero-order chi connectivity index (χ0) is 30.7. The highest BCUT2D eigenvalue weighted by Crippen LogP contribution is 2.17. The average Bonchev–Trinajstić information content (AvgIpc) is 2.91. The van der Waals surface area contributed by atoms with Gasteiger partial charge in [0.25, 0.3) is 0 Å². The molecule has 3 N–H and O–H groups in total. The Bertz CT molecular complexity index is 778. The van der Waals surface area contributed by atoms with Gasteiger partial charge in [0.05, 0.1) is 106 Å². The summed E-state index contributed by atoms with van der Waals surface area (Å²) in [6.45, 7) is 13.7. The largest absolute Gasteiger partial charge is 0.444 e. The van der Waals surface area contributed by atoms with Crippen LogP contribution in [0, 0.1) is 0 Å². The molecule has 0 aliphatic heterocycles. The summed E-state index contributed by atoms with van der Waals surface area (Å²) in [5, 5.41) is 3.26. The predicted octanol–water partition coefficient (Wildman–Crippen LogP) is 3.12. The van der Waals surface area contributed by atoms with E-state index in [9.17, 15) is 4.79 Å². The first-order valence-corrected chi connectivity index (χ1v) is 14.8. The van der Waals surface area contributed by atoms with Crippen molar-refractivity contribution >= 4 is 23.4 Å². The summed E-state index contributed by atoms with van der Waals surface area (Å²) in [6.07, 6.45) is 0.299. The summed E-state index contributed by atoms with van der Waals surface area (Å²) in [7, 11) is 0. The average molecular weight is 623 g/mol. The summed E-state index contributed by atoms with van der Waals surface area (Å²) >= 11 is 5.99. The van der Waals surface area contributed by atoms with Gasteiger partial charge >= 0.3 is 6.09 Å². The quantitative estimate of drug-likeness (QED) is 0.111. The van der Waals surface area contributed by atoms with E-state index in [4.69, 9.17) is 60.0 Å². The van der Waals surface area contributed by atoms with Crippen molar-refractivity contribution in [1.82, 2.24) is 5.32 Å². The standard InChI is InChI=1S/C29H51ClN2O10/c1-29(2,3)42-28(33)32-5-7-35-9-11-37-13-15-39-17-19-41-21-20-40-18-16-38-14-12-36-10-8-34-6-4-25-22-26(30)24-27(31)23-25/h22-24H,4-21,31H2,1-3H3,(H,32,33). The fourth-order valence-corrected chi connectivity index (χ4v) is 3.46. The number of nitrogens with two attached hydrogens (primary N) is 1. The van der Waals surface area contributed by atoms with E-state index in [1.54, 1.807) is 6.07 Å². The van der Waals surface area contributed by atoms with Gasteiger partial charge in [0.2, 0.25) is 0 Å². The first kappa shape index (κ1) is 38.3. The van der Waals surface area contributed by atoms with Gasteiger partial charge in [-0.2, -0.15) is 0 Å². The molecule has 1 rings (SSSR count). The molecule has 0 aliphatic carbocycles. The number of rotatable bonds is 27. The molecule has 0 saturated carbocycles. The molecule has 0 aliphatic rings. The van der Waals surface area contributed by atoms with Crippen LogP contribution < -0.4 is 11.1 Å². The topological polar surface area (TPSA) is 138 Å². The maximum absolute atomic E-state index is 11.5. The van der Waals surface area contributed by atoms with Crippen molar-refractivity contribution in [3.05, 3.63) is 28.8 Å². The Hall–Kier alpha value is -1.74. The van der Waals surface area contributed by atoms with Crippen LogP contribution in [0.15, 0.2) is 18.2 Å². The number of halogens is 1. The van der Waals surface area contributed by atoms with E-state index < -0.39 is 11.7 Å². The molecule has 0 spiro atoms. The van der Waals surface area contributed by atoms with E-state index in [0.29, 0.717) is 123 Å². The zero-order valence-corrected chi connectivity index (χ0v) is 26.3. The van der Waals surface area contributed by atoms with Gasteiger partial charge in [0.1, 0.15) is 5.60 Å². The van der Waals surface area contributed by atoms with E-state index in [1.807, 2.05) is 32.9 Å². The van der Waals surface area contributed by atoms with Gasteiger partial charge in [0.15, 0.2) is 0 Å². The van der Waals surface area contributed by atoms with Gasteiger partial charge in [-0.05, 0) is 51.0 Å². The van der Waals surface area contributed by atoms with Crippen LogP contribution >= 0.6 is 11.6 Å². The number of hydrogen-bond donors (Lipinski definition) is 2. The summed E-state index contributed by atoms with van der Waals surface area (Å²) < 4.78 is 48.8. The number of benzene rings is 1. The van der Waals surface area contributed by atoms with Crippen molar-refractivity contribution in [3.8, 4) is 0 Å². The van der Waals surface area contributed by atoms with Gasteiger partial charge in [0, 0.05) is 17.3 Å². The van der Waals surface area contributed by atoms with E-state index >= 15 is 0 Å². The predicted molar refractivity (Wildman–Crippen MR) is 160 cm³/mol. The molecule has 0 unspecified atom stereocenters. The maximum Gasteiger partial charge on any atom is 0.407 e. The molecule has 12 nitrogen and oxygen atoms in total. The molecule has 0 radical (unpaired) electrons. The van der Waals surface area contributed by atoms with Crippen molar-refractivity contribution in [1.29, 1.82) is 0 Å². The molecular weight excluding hydrogens is 572 g/mol. The molecule has 0 fully saturated rings. The molecule has 244 valence electrons. The lowest BCUT2D eigenvalue weighted by atomic mass is 10.1. The summed E-state index contributed by atoms with van der Waals surface area (Å²) in [5.74, 6) is 0.